The van der Waals surface area contributed by atoms with E-state index in [1.807, 2.05) is 55.7 Å². The van der Waals surface area contributed by atoms with Gasteiger partial charge < -0.3 is 0 Å². The van der Waals surface area contributed by atoms with E-state index in [9.17, 15) is 0 Å². The van der Waals surface area contributed by atoms with Crippen molar-refractivity contribution in [2.24, 2.45) is 7.05 Å². The molecule has 0 fully saturated rings. The van der Waals surface area contributed by atoms with E-state index in [1.54, 1.807) is 0 Å². The summed E-state index contributed by atoms with van der Waals surface area (Å²) in [7, 11) is 2.04. The molecule has 0 radical (unpaired) electrons. The number of hydrogen-bond acceptors (Lipinski definition) is 1. The number of benzene rings is 4. The number of furan rings is 1. The van der Waals surface area contributed by atoms with E-state index >= 15 is 4.39 Å². The summed E-state index contributed by atoms with van der Waals surface area (Å²) in [6.45, 7) is 2.11. The molecule has 4 aromatic carbocycles. The Morgan fingerprint density at radius 3 is 2.00 bits per heavy atom. The number of aromatic nitrogens is 1. The molecule has 4 heteroatoms. The van der Waals surface area contributed by atoms with Crippen LogP contribution in [0.4, 0.5) is 4.39 Å². The predicted molar refractivity (Wildman–Crippen MR) is 159 cm³/mol. The molecule has 2 aromatic heterocycles. The van der Waals surface area contributed by atoms with Crippen molar-refractivity contribution in [2.45, 2.75) is 24.2 Å². The molecule has 0 bridgehead atoms. The van der Waals surface area contributed by atoms with Crippen molar-refractivity contribution in [1.29, 1.82) is 0 Å². The van der Waals surface area contributed by atoms with Gasteiger partial charge in [-0.05, 0) is 0 Å². The van der Waals surface area contributed by atoms with E-state index in [-0.39, 0.29) is 5.82 Å². The molecular formula is C34H31FGeNO+. The minimum atomic E-state index is -2.57. The van der Waals surface area contributed by atoms with Gasteiger partial charge in [-0.3, -0.25) is 0 Å². The van der Waals surface area contributed by atoms with Crippen LogP contribution in [0.25, 0.3) is 55.4 Å². The second kappa shape index (κ2) is 9.25. The zero-order valence-corrected chi connectivity index (χ0v) is 24.6. The molecule has 6 aromatic rings. The second-order valence-corrected chi connectivity index (χ2v) is 21.7. The molecule has 0 aliphatic heterocycles. The topological polar surface area (TPSA) is 17.0 Å². The fourth-order valence-corrected chi connectivity index (χ4v) is 8.27. The third-order valence-electron chi connectivity index (χ3n) is 7.48. The van der Waals surface area contributed by atoms with E-state index < -0.39 is 13.3 Å². The average Bonchev–Trinajstić information content (AvgIpc) is 3.27. The van der Waals surface area contributed by atoms with E-state index in [2.05, 4.69) is 77.3 Å². The van der Waals surface area contributed by atoms with Crippen LogP contribution in [-0.2, 0) is 7.05 Å². The number of aryl methyl sites for hydroxylation is 2. The van der Waals surface area contributed by atoms with Crippen molar-refractivity contribution in [3.63, 3.8) is 0 Å². The molecule has 0 spiro atoms. The van der Waals surface area contributed by atoms with Gasteiger partial charge in [-0.1, -0.05) is 0 Å². The van der Waals surface area contributed by atoms with Gasteiger partial charge in [0.25, 0.3) is 0 Å². The molecule has 0 unspecified atom stereocenters. The normalized spacial score (nSPS) is 11.9. The van der Waals surface area contributed by atoms with E-state index in [1.165, 1.54) is 0 Å². The molecule has 0 N–H and O–H groups in total. The van der Waals surface area contributed by atoms with Gasteiger partial charge in [0.2, 0.25) is 0 Å². The van der Waals surface area contributed by atoms with Gasteiger partial charge >= 0.3 is 226 Å². The van der Waals surface area contributed by atoms with Crippen LogP contribution >= 0.6 is 0 Å². The van der Waals surface area contributed by atoms with Crippen molar-refractivity contribution in [1.82, 2.24) is 0 Å². The molecule has 38 heavy (non-hydrogen) atoms. The zero-order chi connectivity index (χ0) is 26.6. The number of pyridine rings is 1. The molecule has 0 aliphatic carbocycles. The Hall–Kier alpha value is -3.70. The van der Waals surface area contributed by atoms with Gasteiger partial charge in [0.05, 0.1) is 0 Å². The van der Waals surface area contributed by atoms with Crippen LogP contribution < -0.4 is 8.96 Å². The van der Waals surface area contributed by atoms with Crippen LogP contribution in [0.2, 0.25) is 17.3 Å². The fourth-order valence-electron chi connectivity index (χ4n) is 5.41. The van der Waals surface area contributed by atoms with Crippen molar-refractivity contribution >= 4 is 39.6 Å². The molecule has 2 nitrogen and oxygen atoms in total. The number of halogens is 1. The van der Waals surface area contributed by atoms with Crippen molar-refractivity contribution in [3.05, 3.63) is 109 Å². The van der Waals surface area contributed by atoms with Gasteiger partial charge in [-0.2, -0.15) is 0 Å². The van der Waals surface area contributed by atoms with E-state index in [4.69, 9.17) is 4.42 Å². The SMILES string of the molecule is Cc1ccc2c(oc3c(-c4ccc(-c5ccccc5)cc4)c(F)[c]([Ge]([CH3])([CH3])[CH3])cc32)c1-c1cccc[n+]1C. The van der Waals surface area contributed by atoms with Gasteiger partial charge in [-0.25, -0.2) is 0 Å². The van der Waals surface area contributed by atoms with Gasteiger partial charge in [0, 0.05) is 0 Å². The first-order valence-electron chi connectivity index (χ1n) is 13.0. The van der Waals surface area contributed by atoms with Crippen molar-refractivity contribution in [3.8, 4) is 33.5 Å². The Labute approximate surface area is 225 Å². The Bertz CT molecular complexity index is 1810. The van der Waals surface area contributed by atoms with Crippen molar-refractivity contribution in [2.75, 3.05) is 0 Å². The molecule has 0 saturated carbocycles. The first-order chi connectivity index (χ1) is 18.2. The van der Waals surface area contributed by atoms with Gasteiger partial charge in [0.15, 0.2) is 0 Å². The number of nitrogens with zero attached hydrogens (tertiary/aromatic N) is 1. The number of rotatable bonds is 4. The molecule has 2 heterocycles. The molecular weight excluding hydrogens is 530 g/mol. The maximum absolute atomic E-state index is 16.5. The maximum atomic E-state index is 16.5. The summed E-state index contributed by atoms with van der Waals surface area (Å²) >= 11 is -2.57. The van der Waals surface area contributed by atoms with Crippen LogP contribution in [0.5, 0.6) is 0 Å². The van der Waals surface area contributed by atoms with E-state index in [0.29, 0.717) is 11.1 Å². The third kappa shape index (κ3) is 4.06. The Kier molecular flexibility index (Phi) is 5.99. The summed E-state index contributed by atoms with van der Waals surface area (Å²) in [6, 6.07) is 31.0. The zero-order valence-electron chi connectivity index (χ0n) is 22.5. The van der Waals surface area contributed by atoms with Crippen LogP contribution in [0.1, 0.15) is 5.56 Å². The first-order valence-corrected chi connectivity index (χ1v) is 20.4. The van der Waals surface area contributed by atoms with Crippen LogP contribution in [0, 0.1) is 12.7 Å². The molecule has 0 saturated heterocycles. The quantitative estimate of drug-likeness (QED) is 0.156. The van der Waals surface area contributed by atoms with Crippen LogP contribution in [0.3, 0.4) is 0 Å². The first kappa shape index (κ1) is 24.6. The predicted octanol–water partition coefficient (Wildman–Crippen LogP) is 8.40. The fraction of sp³-hybridized carbons (Fsp3) is 0.147. The van der Waals surface area contributed by atoms with Gasteiger partial charge in [-0.15, -0.1) is 0 Å². The second-order valence-electron chi connectivity index (χ2n) is 11.1. The number of hydrogen-bond donors (Lipinski definition) is 0. The summed E-state index contributed by atoms with van der Waals surface area (Å²) in [5.74, 6) is 6.59. The summed E-state index contributed by atoms with van der Waals surface area (Å²) in [4.78, 5) is 0. The summed E-state index contributed by atoms with van der Waals surface area (Å²) < 4.78 is 26.2. The van der Waals surface area contributed by atoms with Crippen LogP contribution in [-0.4, -0.2) is 13.3 Å². The molecule has 0 aliphatic rings. The Balaban J connectivity index is 1.67. The molecule has 0 amide bonds. The standard InChI is InChI=1S/C34H31FGeNO/c1-22-14-19-26-27-21-28(36(2,3)4)32(35)31(25-17-15-24(16-18-25)23-11-7-6-8-12-23)34(27)38-33(26)30(22)29-13-9-10-20-37(29)5/h6-21H,1-5H3/q+1. The monoisotopic (exact) mass is 562 g/mol. The average molecular weight is 561 g/mol. The van der Waals surface area contributed by atoms with Gasteiger partial charge in [0.1, 0.15) is 0 Å². The molecule has 6 rings (SSSR count). The third-order valence-corrected chi connectivity index (χ3v) is 11.6. The minimum absolute atomic E-state index is 0.139. The Morgan fingerprint density at radius 1 is 0.684 bits per heavy atom. The summed E-state index contributed by atoms with van der Waals surface area (Å²) in [6.07, 6.45) is 2.04. The summed E-state index contributed by atoms with van der Waals surface area (Å²) in [5, 5.41) is 2.01. The van der Waals surface area contributed by atoms with Crippen molar-refractivity contribution < 1.29 is 13.4 Å². The number of fused-ring (bicyclic) bond motifs is 3. The van der Waals surface area contributed by atoms with E-state index in [0.717, 1.165) is 54.3 Å². The molecule has 188 valence electrons. The summed E-state index contributed by atoms with van der Waals surface area (Å²) in [5.41, 5.74) is 8.31. The van der Waals surface area contributed by atoms with Crippen LogP contribution in [0.15, 0.2) is 102 Å². The molecule has 0 atom stereocenters. The Morgan fingerprint density at radius 2 is 1.32 bits per heavy atom.